The lowest BCUT2D eigenvalue weighted by Crippen LogP contribution is -2.13. The molecule has 2 heterocycles. The molecule has 1 aliphatic carbocycles. The van der Waals surface area contributed by atoms with E-state index in [4.69, 9.17) is 0 Å². The number of nitrogens with one attached hydrogen (secondary N) is 2. The van der Waals surface area contributed by atoms with Crippen molar-refractivity contribution < 1.29 is 4.39 Å². The lowest BCUT2D eigenvalue weighted by molar-refractivity contribution is 0.646. The molecule has 0 radical (unpaired) electrons. The number of hydrogen-bond donors (Lipinski definition) is 2. The van der Waals surface area contributed by atoms with Gasteiger partial charge in [0.15, 0.2) is 0 Å². The maximum Gasteiger partial charge on any atom is 0.125 e. The Hall–Kier alpha value is -1.51. The molecule has 1 atom stereocenters. The second-order valence-electron chi connectivity index (χ2n) is 3.77. The molecule has 72 valence electrons. The van der Waals surface area contributed by atoms with Gasteiger partial charge in [-0.2, -0.15) is 0 Å². The van der Waals surface area contributed by atoms with Gasteiger partial charge in [-0.05, 0) is 29.7 Å². The van der Waals surface area contributed by atoms with Crippen molar-refractivity contribution in [2.75, 3.05) is 6.54 Å². The van der Waals surface area contributed by atoms with Crippen molar-refractivity contribution in [3.05, 3.63) is 47.2 Å². The first-order valence-electron chi connectivity index (χ1n) is 4.82. The predicted molar refractivity (Wildman–Crippen MR) is 52.7 cm³/mol. The molecule has 0 saturated carbocycles. The van der Waals surface area contributed by atoms with Crippen LogP contribution < -0.4 is 10.6 Å². The summed E-state index contributed by atoms with van der Waals surface area (Å²) < 4.78 is 13.2. The van der Waals surface area contributed by atoms with E-state index in [2.05, 4.69) is 10.6 Å². The average molecular weight is 190 g/mol. The molecule has 14 heavy (non-hydrogen) atoms. The lowest BCUT2D eigenvalue weighted by Gasteiger charge is -2.18. The molecule has 0 aromatic rings. The minimum absolute atomic E-state index is 0.173. The number of allylic oxidation sites excluding steroid dienone is 4. The Balaban J connectivity index is 2.11. The summed E-state index contributed by atoms with van der Waals surface area (Å²) in [5.41, 5.74) is 3.33. The first kappa shape index (κ1) is 7.85. The molecule has 3 heteroatoms. The van der Waals surface area contributed by atoms with Crippen molar-refractivity contribution in [2.24, 2.45) is 5.92 Å². The van der Waals surface area contributed by atoms with Crippen LogP contribution in [0.3, 0.4) is 0 Å². The van der Waals surface area contributed by atoms with Crippen LogP contribution in [0.4, 0.5) is 4.39 Å². The third-order valence-electron chi connectivity index (χ3n) is 2.86. The minimum Gasteiger partial charge on any atom is -0.390 e. The van der Waals surface area contributed by atoms with Crippen LogP contribution >= 0.6 is 0 Å². The molecule has 2 nitrogen and oxygen atoms in total. The summed E-state index contributed by atoms with van der Waals surface area (Å²) in [6.07, 6.45) is 8.13. The first-order valence-corrected chi connectivity index (χ1v) is 4.82. The average Bonchev–Trinajstić information content (AvgIpc) is 2.43. The van der Waals surface area contributed by atoms with E-state index in [0.29, 0.717) is 0 Å². The van der Waals surface area contributed by atoms with Gasteiger partial charge in [-0.15, -0.1) is 0 Å². The standard InChI is InChI=1S/C11H11FN2/c12-9-3-8-5-13-2-1-7-6-14-10(4-9)11(7)8/h3-6,11,13-14H,1-2H2. The highest BCUT2D eigenvalue weighted by atomic mass is 19.1. The van der Waals surface area contributed by atoms with E-state index in [9.17, 15) is 4.39 Å². The largest absolute Gasteiger partial charge is 0.390 e. The summed E-state index contributed by atoms with van der Waals surface area (Å²) in [4.78, 5) is 0. The first-order chi connectivity index (χ1) is 6.84. The zero-order valence-corrected chi connectivity index (χ0v) is 7.68. The summed E-state index contributed by atoms with van der Waals surface area (Å²) >= 11 is 0. The van der Waals surface area contributed by atoms with Crippen LogP contribution in [-0.2, 0) is 0 Å². The van der Waals surface area contributed by atoms with Gasteiger partial charge >= 0.3 is 0 Å². The van der Waals surface area contributed by atoms with Gasteiger partial charge in [-0.3, -0.25) is 0 Å². The maximum atomic E-state index is 13.2. The third kappa shape index (κ3) is 1.02. The summed E-state index contributed by atoms with van der Waals surface area (Å²) in [6, 6.07) is 0. The second kappa shape index (κ2) is 2.74. The smallest absolute Gasteiger partial charge is 0.125 e. The van der Waals surface area contributed by atoms with Crippen molar-refractivity contribution in [1.82, 2.24) is 10.6 Å². The van der Waals surface area contributed by atoms with Gasteiger partial charge in [-0.25, -0.2) is 4.39 Å². The Morgan fingerprint density at radius 3 is 3.14 bits per heavy atom. The Morgan fingerprint density at radius 2 is 2.21 bits per heavy atom. The molecule has 0 bridgehead atoms. The predicted octanol–water partition coefficient (Wildman–Crippen LogP) is 1.72. The maximum absolute atomic E-state index is 13.2. The van der Waals surface area contributed by atoms with Crippen LogP contribution in [-0.4, -0.2) is 6.54 Å². The quantitative estimate of drug-likeness (QED) is 0.607. The van der Waals surface area contributed by atoms with E-state index in [1.807, 2.05) is 12.4 Å². The highest BCUT2D eigenvalue weighted by molar-refractivity contribution is 5.49. The minimum atomic E-state index is -0.173. The van der Waals surface area contributed by atoms with E-state index in [1.54, 1.807) is 12.2 Å². The third-order valence-corrected chi connectivity index (χ3v) is 2.86. The van der Waals surface area contributed by atoms with Crippen LogP contribution in [0.5, 0.6) is 0 Å². The Labute approximate surface area is 81.9 Å². The van der Waals surface area contributed by atoms with Crippen molar-refractivity contribution in [1.29, 1.82) is 0 Å². The van der Waals surface area contributed by atoms with E-state index < -0.39 is 0 Å². The lowest BCUT2D eigenvalue weighted by atomic mass is 9.87. The molecule has 0 amide bonds. The molecule has 3 rings (SSSR count). The number of halogens is 1. The van der Waals surface area contributed by atoms with Gasteiger partial charge in [0.05, 0.1) is 0 Å². The van der Waals surface area contributed by atoms with Gasteiger partial charge < -0.3 is 10.6 Å². The second-order valence-corrected chi connectivity index (χ2v) is 3.77. The zero-order valence-electron chi connectivity index (χ0n) is 7.68. The molecule has 1 unspecified atom stereocenters. The van der Waals surface area contributed by atoms with Gasteiger partial charge in [0.1, 0.15) is 5.83 Å². The van der Waals surface area contributed by atoms with Crippen LogP contribution in [0.1, 0.15) is 6.42 Å². The summed E-state index contributed by atoms with van der Waals surface area (Å²) in [5, 5.41) is 6.32. The molecule has 0 spiro atoms. The van der Waals surface area contributed by atoms with Crippen molar-refractivity contribution in [3.63, 3.8) is 0 Å². The highest BCUT2D eigenvalue weighted by Crippen LogP contribution is 2.38. The van der Waals surface area contributed by atoms with E-state index in [0.717, 1.165) is 24.2 Å². The Morgan fingerprint density at radius 1 is 1.29 bits per heavy atom. The van der Waals surface area contributed by atoms with Gasteiger partial charge in [0, 0.05) is 30.6 Å². The van der Waals surface area contributed by atoms with Crippen LogP contribution in [0.2, 0.25) is 0 Å². The van der Waals surface area contributed by atoms with E-state index >= 15 is 0 Å². The van der Waals surface area contributed by atoms with Gasteiger partial charge in [0.2, 0.25) is 0 Å². The van der Waals surface area contributed by atoms with Crippen LogP contribution in [0, 0.1) is 5.92 Å². The molecule has 0 aromatic carbocycles. The molecular weight excluding hydrogens is 179 g/mol. The topological polar surface area (TPSA) is 24.1 Å². The fourth-order valence-electron chi connectivity index (χ4n) is 2.24. The summed E-state index contributed by atoms with van der Waals surface area (Å²) in [7, 11) is 0. The fraction of sp³-hybridized carbons (Fsp3) is 0.273. The highest BCUT2D eigenvalue weighted by Gasteiger charge is 2.30. The van der Waals surface area contributed by atoms with E-state index in [1.165, 1.54) is 5.57 Å². The SMILES string of the molecule is FC1=CC2=CNCCC3=CNC(=C1)C23. The molecule has 0 saturated heterocycles. The normalized spacial score (nSPS) is 28.5. The molecule has 0 fully saturated rings. The number of rotatable bonds is 0. The van der Waals surface area contributed by atoms with Gasteiger partial charge in [0.25, 0.3) is 0 Å². The van der Waals surface area contributed by atoms with Crippen molar-refractivity contribution in [3.8, 4) is 0 Å². The number of hydrogen-bond acceptors (Lipinski definition) is 2. The molecule has 2 N–H and O–H groups in total. The van der Waals surface area contributed by atoms with E-state index in [-0.39, 0.29) is 11.7 Å². The monoisotopic (exact) mass is 190 g/mol. The van der Waals surface area contributed by atoms with Gasteiger partial charge in [-0.1, -0.05) is 0 Å². The molecule has 3 aliphatic rings. The Kier molecular flexibility index (Phi) is 1.54. The molecular formula is C11H11FN2. The summed E-state index contributed by atoms with van der Waals surface area (Å²) in [6.45, 7) is 0.927. The zero-order chi connectivity index (χ0) is 9.54. The summed E-state index contributed by atoms with van der Waals surface area (Å²) in [5.74, 6) is 0.0952. The van der Waals surface area contributed by atoms with Crippen molar-refractivity contribution >= 4 is 0 Å². The molecule has 2 aliphatic heterocycles. The molecule has 0 aromatic heterocycles. The fourth-order valence-corrected chi connectivity index (χ4v) is 2.24. The van der Waals surface area contributed by atoms with Crippen LogP contribution in [0.15, 0.2) is 47.2 Å². The van der Waals surface area contributed by atoms with Crippen molar-refractivity contribution in [2.45, 2.75) is 6.42 Å². The van der Waals surface area contributed by atoms with Crippen LogP contribution in [0.25, 0.3) is 0 Å². The Bertz CT molecular complexity index is 402.